The third kappa shape index (κ3) is 6.51. The molecule has 0 spiro atoms. The molecule has 1 saturated heterocycles. The highest BCUT2D eigenvalue weighted by Gasteiger charge is 2.43. The van der Waals surface area contributed by atoms with Gasteiger partial charge in [0.15, 0.2) is 0 Å². The highest BCUT2D eigenvalue weighted by molar-refractivity contribution is 7.77. The molecule has 2 atom stereocenters. The molecule has 0 saturated carbocycles. The molecule has 5 aromatic rings. The molecule has 1 fully saturated rings. The Balaban J connectivity index is 0.00000308. The Morgan fingerprint density at radius 3 is 1.03 bits per heavy atom. The molecule has 196 valence electrons. The number of rotatable bonds is 8. The molecule has 1 aliphatic heterocycles. The molecule has 1 nitrogen and oxygen atoms in total. The minimum atomic E-state index is -0.531. The molecule has 1 aliphatic rings. The summed E-state index contributed by atoms with van der Waals surface area (Å²) in [5, 5.41) is 5.95. The van der Waals surface area contributed by atoms with Crippen LogP contribution in [0.5, 0.6) is 0 Å². The first kappa shape index (κ1) is 27.8. The average Bonchev–Trinajstić information content (AvgIpc) is 3.38. The van der Waals surface area contributed by atoms with Crippen molar-refractivity contribution in [2.45, 2.75) is 17.9 Å². The van der Waals surface area contributed by atoms with Crippen molar-refractivity contribution in [2.24, 2.45) is 0 Å². The van der Waals surface area contributed by atoms with Crippen molar-refractivity contribution in [2.75, 3.05) is 13.1 Å². The third-order valence-corrected chi connectivity index (χ3v) is 13.4. The van der Waals surface area contributed by atoms with Crippen LogP contribution < -0.4 is 21.2 Å². The van der Waals surface area contributed by atoms with Crippen LogP contribution in [0.1, 0.15) is 5.56 Å². The highest BCUT2D eigenvalue weighted by atomic mass is 35.5. The Kier molecular flexibility index (Phi) is 9.62. The lowest BCUT2D eigenvalue weighted by atomic mass is 10.2. The SMILES string of the molecule is Cl.c1ccc(CN2C[C@H](P(c3ccccc3)c3ccccc3)[C@@H](P(c3ccccc3)c3ccccc3)C2)cc1. The normalized spacial score (nSPS) is 17.3. The summed E-state index contributed by atoms with van der Waals surface area (Å²) >= 11 is 0. The van der Waals surface area contributed by atoms with Crippen molar-refractivity contribution in [3.63, 3.8) is 0 Å². The highest BCUT2D eigenvalue weighted by Crippen LogP contribution is 2.54. The van der Waals surface area contributed by atoms with Crippen LogP contribution >= 0.6 is 28.3 Å². The zero-order valence-electron chi connectivity index (χ0n) is 22.0. The fraction of sp³-hybridized carbons (Fsp3) is 0.143. The topological polar surface area (TPSA) is 3.24 Å². The van der Waals surface area contributed by atoms with Crippen LogP contribution in [-0.2, 0) is 6.54 Å². The first-order chi connectivity index (χ1) is 18.9. The molecule has 4 heteroatoms. The van der Waals surface area contributed by atoms with Crippen molar-refractivity contribution >= 4 is 49.5 Å². The smallest absolute Gasteiger partial charge is 0.0234 e. The summed E-state index contributed by atoms with van der Waals surface area (Å²) in [5.41, 5.74) is 2.52. The second-order valence-corrected chi connectivity index (χ2v) is 14.8. The standard InChI is InChI=1S/C35H33NP2.ClH/c1-6-16-29(17-7-1)26-36-27-34(37(30-18-8-2-9-19-30)31-20-10-3-11-21-31)35(28-36)38(32-22-12-4-13-23-32)33-24-14-5-15-25-33;/h1-25,34-35H,26-28H2;1H/t34-,35-;/m0./s1. The molecule has 0 amide bonds. The van der Waals surface area contributed by atoms with E-state index in [-0.39, 0.29) is 12.4 Å². The fourth-order valence-electron chi connectivity index (χ4n) is 5.74. The van der Waals surface area contributed by atoms with E-state index in [0.29, 0.717) is 11.3 Å². The molecular weight excluding hydrogens is 532 g/mol. The maximum atomic E-state index is 2.73. The fourth-order valence-corrected chi connectivity index (χ4v) is 12.3. The summed E-state index contributed by atoms with van der Waals surface area (Å²) in [5.74, 6) is 0. The van der Waals surface area contributed by atoms with Crippen LogP contribution in [0.3, 0.4) is 0 Å². The summed E-state index contributed by atoms with van der Waals surface area (Å²) in [6.45, 7) is 3.24. The van der Waals surface area contributed by atoms with Crippen molar-refractivity contribution in [1.29, 1.82) is 0 Å². The van der Waals surface area contributed by atoms with Crippen molar-refractivity contribution in [3.8, 4) is 0 Å². The van der Waals surface area contributed by atoms with Crippen LogP contribution in [0.4, 0.5) is 0 Å². The largest absolute Gasteiger partial charge is 0.298 e. The van der Waals surface area contributed by atoms with E-state index < -0.39 is 15.8 Å². The average molecular weight is 566 g/mol. The van der Waals surface area contributed by atoms with Gasteiger partial charge in [0.1, 0.15) is 0 Å². The van der Waals surface area contributed by atoms with Gasteiger partial charge in [-0.15, -0.1) is 12.4 Å². The number of likely N-dealkylation sites (tertiary alicyclic amines) is 1. The Bertz CT molecular complexity index is 1230. The zero-order chi connectivity index (χ0) is 25.6. The summed E-state index contributed by atoms with van der Waals surface area (Å²) in [6.07, 6.45) is 0. The van der Waals surface area contributed by atoms with Gasteiger partial charge in [-0.25, -0.2) is 0 Å². The molecule has 0 radical (unpaired) electrons. The predicted molar refractivity (Wildman–Crippen MR) is 175 cm³/mol. The summed E-state index contributed by atoms with van der Waals surface area (Å²) in [4.78, 5) is 2.73. The molecule has 6 rings (SSSR count). The minimum absolute atomic E-state index is 0. The number of benzene rings is 5. The van der Waals surface area contributed by atoms with Crippen molar-refractivity contribution < 1.29 is 0 Å². The van der Waals surface area contributed by atoms with Crippen LogP contribution in [0.25, 0.3) is 0 Å². The lowest BCUT2D eigenvalue weighted by Gasteiger charge is -2.34. The lowest BCUT2D eigenvalue weighted by molar-refractivity contribution is 0.333. The van der Waals surface area contributed by atoms with E-state index in [1.165, 1.54) is 26.8 Å². The van der Waals surface area contributed by atoms with E-state index in [0.717, 1.165) is 19.6 Å². The Morgan fingerprint density at radius 2 is 0.718 bits per heavy atom. The van der Waals surface area contributed by atoms with Gasteiger partial charge in [-0.05, 0) is 42.6 Å². The first-order valence-corrected chi connectivity index (χ1v) is 16.2. The number of hydrogen-bond donors (Lipinski definition) is 0. The summed E-state index contributed by atoms with van der Waals surface area (Å²) in [6, 6.07) is 56.3. The van der Waals surface area contributed by atoms with Gasteiger partial charge in [0.2, 0.25) is 0 Å². The van der Waals surface area contributed by atoms with Crippen molar-refractivity contribution in [1.82, 2.24) is 4.90 Å². The van der Waals surface area contributed by atoms with Crippen LogP contribution in [-0.4, -0.2) is 29.3 Å². The van der Waals surface area contributed by atoms with Gasteiger partial charge in [-0.2, -0.15) is 0 Å². The van der Waals surface area contributed by atoms with Gasteiger partial charge in [0.25, 0.3) is 0 Å². The number of nitrogens with zero attached hydrogens (tertiary/aromatic N) is 1. The van der Waals surface area contributed by atoms with E-state index in [1.807, 2.05) is 0 Å². The van der Waals surface area contributed by atoms with Gasteiger partial charge in [0, 0.05) is 31.0 Å². The van der Waals surface area contributed by atoms with Gasteiger partial charge in [0.05, 0.1) is 0 Å². The second kappa shape index (κ2) is 13.5. The van der Waals surface area contributed by atoms with Crippen molar-refractivity contribution in [3.05, 3.63) is 157 Å². The van der Waals surface area contributed by atoms with Crippen LogP contribution in [0, 0.1) is 0 Å². The molecule has 0 bridgehead atoms. The van der Waals surface area contributed by atoms with Gasteiger partial charge in [-0.3, -0.25) is 4.90 Å². The maximum absolute atomic E-state index is 2.73. The molecular formula is C35H34ClNP2. The summed E-state index contributed by atoms with van der Waals surface area (Å²) < 4.78 is 0. The Morgan fingerprint density at radius 1 is 0.436 bits per heavy atom. The van der Waals surface area contributed by atoms with Crippen LogP contribution in [0.2, 0.25) is 0 Å². The summed E-state index contributed by atoms with van der Waals surface area (Å²) in [7, 11) is -1.06. The third-order valence-electron chi connectivity index (χ3n) is 7.38. The van der Waals surface area contributed by atoms with E-state index >= 15 is 0 Å². The molecule has 0 aromatic heterocycles. The molecule has 5 aromatic carbocycles. The first-order valence-electron chi connectivity index (χ1n) is 13.4. The molecule has 0 N–H and O–H groups in total. The maximum Gasteiger partial charge on any atom is 0.0234 e. The van der Waals surface area contributed by atoms with Gasteiger partial charge < -0.3 is 0 Å². The number of halogens is 1. The molecule has 1 heterocycles. The van der Waals surface area contributed by atoms with E-state index in [1.54, 1.807) is 0 Å². The second-order valence-electron chi connectivity index (χ2n) is 9.90. The lowest BCUT2D eigenvalue weighted by Crippen LogP contribution is -2.34. The quantitative estimate of drug-likeness (QED) is 0.184. The monoisotopic (exact) mass is 565 g/mol. The van der Waals surface area contributed by atoms with Crippen LogP contribution in [0.15, 0.2) is 152 Å². The van der Waals surface area contributed by atoms with Gasteiger partial charge in [-0.1, -0.05) is 152 Å². The molecule has 0 aliphatic carbocycles. The molecule has 39 heavy (non-hydrogen) atoms. The Labute approximate surface area is 241 Å². The van der Waals surface area contributed by atoms with E-state index in [4.69, 9.17) is 0 Å². The number of hydrogen-bond acceptors (Lipinski definition) is 1. The van der Waals surface area contributed by atoms with E-state index in [9.17, 15) is 0 Å². The van der Waals surface area contributed by atoms with Gasteiger partial charge >= 0.3 is 0 Å². The predicted octanol–water partition coefficient (Wildman–Crippen LogP) is 6.93. The zero-order valence-corrected chi connectivity index (χ0v) is 24.6. The Hall–Kier alpha value is -2.79. The minimum Gasteiger partial charge on any atom is -0.298 e. The molecule has 0 unspecified atom stereocenters. The van der Waals surface area contributed by atoms with E-state index in [2.05, 4.69) is 157 Å².